The number of urea groups is 1. The number of nitrogens with one attached hydrogen (secondary N) is 2. The highest BCUT2D eigenvalue weighted by molar-refractivity contribution is 5.74. The van der Waals surface area contributed by atoms with E-state index in [0.717, 1.165) is 0 Å². The van der Waals surface area contributed by atoms with Gasteiger partial charge in [0.1, 0.15) is 6.23 Å². The molecule has 3 N–H and O–H groups in total. The summed E-state index contributed by atoms with van der Waals surface area (Å²) in [6, 6.07) is -0.354. The Hall–Kier alpha value is -0.770. The maximum Gasteiger partial charge on any atom is 0.317 e. The number of aliphatic hydroxyl groups excluding tert-OH is 1. The minimum Gasteiger partial charge on any atom is -0.374 e. The van der Waals surface area contributed by atoms with Crippen molar-refractivity contribution in [1.82, 2.24) is 10.6 Å². The van der Waals surface area contributed by atoms with Crippen molar-refractivity contribution in [3.63, 3.8) is 0 Å². The van der Waals surface area contributed by atoms with E-state index in [-0.39, 0.29) is 11.6 Å². The number of hydrogen-bond donors (Lipinski definition) is 3. The fraction of sp³-hybridized carbons (Fsp3) is 0.857. The summed E-state index contributed by atoms with van der Waals surface area (Å²) in [5, 5.41) is 13.7. The zero-order valence-electron chi connectivity index (χ0n) is 7.43. The van der Waals surface area contributed by atoms with Crippen LogP contribution in [0, 0.1) is 0 Å². The van der Waals surface area contributed by atoms with Gasteiger partial charge in [-0.3, -0.25) is 0 Å². The summed E-state index contributed by atoms with van der Waals surface area (Å²) < 4.78 is 0. The van der Waals surface area contributed by atoms with Gasteiger partial charge in [-0.25, -0.2) is 4.79 Å². The van der Waals surface area contributed by atoms with E-state index in [9.17, 15) is 4.79 Å². The van der Waals surface area contributed by atoms with Crippen molar-refractivity contribution in [3.8, 4) is 0 Å². The molecule has 0 fully saturated rings. The first-order valence-electron chi connectivity index (χ1n) is 3.58. The third kappa shape index (κ3) is 7.12. The SMILES string of the molecule is CC(O)NC(=O)NC(C)(C)C. The lowest BCUT2D eigenvalue weighted by molar-refractivity contribution is 0.154. The van der Waals surface area contributed by atoms with Crippen molar-refractivity contribution in [2.75, 3.05) is 0 Å². The first-order chi connectivity index (χ1) is 4.81. The van der Waals surface area contributed by atoms with Gasteiger partial charge >= 0.3 is 6.03 Å². The molecule has 0 spiro atoms. The second kappa shape index (κ2) is 3.57. The minimum atomic E-state index is -0.808. The van der Waals surface area contributed by atoms with Crippen molar-refractivity contribution in [1.29, 1.82) is 0 Å². The Morgan fingerprint density at radius 2 is 1.91 bits per heavy atom. The lowest BCUT2D eigenvalue weighted by Crippen LogP contribution is -2.48. The number of rotatable bonds is 1. The molecule has 4 heteroatoms. The summed E-state index contributed by atoms with van der Waals surface area (Å²) >= 11 is 0. The van der Waals surface area contributed by atoms with E-state index in [2.05, 4.69) is 10.6 Å². The Morgan fingerprint density at radius 1 is 1.45 bits per heavy atom. The van der Waals surface area contributed by atoms with Gasteiger partial charge < -0.3 is 15.7 Å². The van der Waals surface area contributed by atoms with Crippen LogP contribution in [0.2, 0.25) is 0 Å². The number of carbonyl (C=O) groups is 1. The predicted octanol–water partition coefficient (Wildman–Crippen LogP) is 0.422. The molecule has 0 rings (SSSR count). The average Bonchev–Trinajstić information content (AvgIpc) is 1.53. The van der Waals surface area contributed by atoms with Gasteiger partial charge in [0, 0.05) is 5.54 Å². The van der Waals surface area contributed by atoms with Gasteiger partial charge in [-0.05, 0) is 27.7 Å². The Morgan fingerprint density at radius 3 is 2.18 bits per heavy atom. The molecule has 0 heterocycles. The second-order valence-electron chi connectivity index (χ2n) is 3.52. The van der Waals surface area contributed by atoms with Gasteiger partial charge in [0.2, 0.25) is 0 Å². The summed E-state index contributed by atoms with van der Waals surface area (Å²) in [5.74, 6) is 0. The number of aliphatic hydroxyl groups is 1. The van der Waals surface area contributed by atoms with Crippen LogP contribution in [0.25, 0.3) is 0 Å². The van der Waals surface area contributed by atoms with E-state index in [1.165, 1.54) is 6.92 Å². The molecule has 0 aromatic rings. The first-order valence-corrected chi connectivity index (χ1v) is 3.58. The van der Waals surface area contributed by atoms with E-state index >= 15 is 0 Å². The molecule has 0 bridgehead atoms. The van der Waals surface area contributed by atoms with Crippen LogP contribution in [0.15, 0.2) is 0 Å². The molecule has 66 valence electrons. The summed E-state index contributed by atoms with van der Waals surface area (Å²) in [6.07, 6.45) is -0.808. The molecule has 0 saturated heterocycles. The number of amides is 2. The molecule has 0 aromatic carbocycles. The number of hydrogen-bond acceptors (Lipinski definition) is 2. The molecule has 0 radical (unpaired) electrons. The van der Waals surface area contributed by atoms with Crippen LogP contribution in [0.3, 0.4) is 0 Å². The molecule has 2 amide bonds. The van der Waals surface area contributed by atoms with Crippen molar-refractivity contribution < 1.29 is 9.90 Å². The third-order valence-corrected chi connectivity index (χ3v) is 0.829. The Balaban J connectivity index is 3.71. The number of carbonyl (C=O) groups excluding carboxylic acids is 1. The van der Waals surface area contributed by atoms with Gasteiger partial charge in [-0.2, -0.15) is 0 Å². The zero-order chi connectivity index (χ0) is 9.07. The fourth-order valence-corrected chi connectivity index (χ4v) is 0.566. The molecule has 0 aliphatic rings. The summed E-state index contributed by atoms with van der Waals surface area (Å²) in [7, 11) is 0. The van der Waals surface area contributed by atoms with Crippen molar-refractivity contribution in [2.24, 2.45) is 0 Å². The minimum absolute atomic E-state index is 0.265. The van der Waals surface area contributed by atoms with Crippen LogP contribution in [0.4, 0.5) is 4.79 Å². The fourth-order valence-electron chi connectivity index (χ4n) is 0.566. The summed E-state index contributed by atoms with van der Waals surface area (Å²) in [6.45, 7) is 7.10. The quantitative estimate of drug-likeness (QED) is 0.487. The molecule has 0 aliphatic carbocycles. The first kappa shape index (κ1) is 10.2. The average molecular weight is 160 g/mol. The third-order valence-electron chi connectivity index (χ3n) is 0.829. The monoisotopic (exact) mass is 160 g/mol. The molecule has 1 atom stereocenters. The topological polar surface area (TPSA) is 61.4 Å². The Labute approximate surface area is 67.0 Å². The van der Waals surface area contributed by atoms with Gasteiger partial charge in [-0.1, -0.05) is 0 Å². The van der Waals surface area contributed by atoms with Gasteiger partial charge in [0.15, 0.2) is 0 Å². The second-order valence-corrected chi connectivity index (χ2v) is 3.52. The molecular weight excluding hydrogens is 144 g/mol. The maximum atomic E-state index is 10.9. The molecule has 4 nitrogen and oxygen atoms in total. The lowest BCUT2D eigenvalue weighted by Gasteiger charge is -2.21. The van der Waals surface area contributed by atoms with Gasteiger partial charge in [0.05, 0.1) is 0 Å². The zero-order valence-corrected chi connectivity index (χ0v) is 7.43. The molecule has 1 unspecified atom stereocenters. The molecule has 11 heavy (non-hydrogen) atoms. The smallest absolute Gasteiger partial charge is 0.317 e. The molecule has 0 aliphatic heterocycles. The van der Waals surface area contributed by atoms with E-state index in [4.69, 9.17) is 5.11 Å². The molecule has 0 aromatic heterocycles. The van der Waals surface area contributed by atoms with E-state index in [1.54, 1.807) is 0 Å². The van der Waals surface area contributed by atoms with Crippen molar-refractivity contribution >= 4 is 6.03 Å². The Bertz CT molecular complexity index is 138. The van der Waals surface area contributed by atoms with Crippen LogP contribution < -0.4 is 10.6 Å². The summed E-state index contributed by atoms with van der Waals surface area (Å²) in [5.41, 5.74) is -0.265. The van der Waals surface area contributed by atoms with Crippen LogP contribution in [0.5, 0.6) is 0 Å². The van der Waals surface area contributed by atoms with Crippen LogP contribution in [0.1, 0.15) is 27.7 Å². The largest absolute Gasteiger partial charge is 0.374 e. The highest BCUT2D eigenvalue weighted by Crippen LogP contribution is 1.97. The Kier molecular flexibility index (Phi) is 3.32. The predicted molar refractivity (Wildman–Crippen MR) is 43.1 cm³/mol. The van der Waals surface area contributed by atoms with Crippen LogP contribution in [-0.2, 0) is 0 Å². The standard InChI is InChI=1S/C7H16N2O2/c1-5(10)8-6(11)9-7(2,3)4/h5,10H,1-4H3,(H2,8,9,11). The van der Waals surface area contributed by atoms with Crippen molar-refractivity contribution in [3.05, 3.63) is 0 Å². The van der Waals surface area contributed by atoms with E-state index in [0.29, 0.717) is 0 Å². The lowest BCUT2D eigenvalue weighted by atomic mass is 10.1. The van der Waals surface area contributed by atoms with Crippen LogP contribution in [-0.4, -0.2) is 22.9 Å². The molecule has 0 saturated carbocycles. The van der Waals surface area contributed by atoms with Crippen LogP contribution >= 0.6 is 0 Å². The normalized spacial score (nSPS) is 13.9. The molecular formula is C7H16N2O2. The highest BCUT2D eigenvalue weighted by Gasteiger charge is 2.13. The van der Waals surface area contributed by atoms with Gasteiger partial charge in [-0.15, -0.1) is 0 Å². The van der Waals surface area contributed by atoms with E-state index in [1.807, 2.05) is 20.8 Å². The van der Waals surface area contributed by atoms with E-state index < -0.39 is 6.23 Å². The maximum absolute atomic E-state index is 10.9. The highest BCUT2D eigenvalue weighted by atomic mass is 16.3. The van der Waals surface area contributed by atoms with Crippen molar-refractivity contribution in [2.45, 2.75) is 39.5 Å². The summed E-state index contributed by atoms with van der Waals surface area (Å²) in [4.78, 5) is 10.9. The van der Waals surface area contributed by atoms with Gasteiger partial charge in [0.25, 0.3) is 0 Å².